The number of rotatable bonds is 6. The van der Waals surface area contributed by atoms with Crippen molar-refractivity contribution in [3.05, 3.63) is 69.2 Å². The molecule has 0 amide bonds. The largest absolute Gasteiger partial charge is 0.481 e. The molecule has 0 bridgehead atoms. The fourth-order valence-electron chi connectivity index (χ4n) is 3.51. The molecule has 0 radical (unpaired) electrons. The van der Waals surface area contributed by atoms with E-state index in [2.05, 4.69) is 0 Å². The van der Waals surface area contributed by atoms with Gasteiger partial charge in [0.25, 0.3) is 0 Å². The number of carbonyl (C=O) groups excluding carboxylic acids is 1. The van der Waals surface area contributed by atoms with Gasteiger partial charge in [0.2, 0.25) is 0 Å². The molecule has 0 saturated carbocycles. The Morgan fingerprint density at radius 1 is 1.14 bits per heavy atom. The lowest BCUT2D eigenvalue weighted by Gasteiger charge is -2.19. The summed E-state index contributed by atoms with van der Waals surface area (Å²) in [4.78, 5) is 24.5. The van der Waals surface area contributed by atoms with Crippen LogP contribution in [-0.2, 0) is 27.1 Å². The Kier molecular flexibility index (Phi) is 5.89. The van der Waals surface area contributed by atoms with Crippen LogP contribution in [0.15, 0.2) is 36.4 Å². The molecule has 1 N–H and O–H groups in total. The van der Waals surface area contributed by atoms with Crippen molar-refractivity contribution in [2.75, 3.05) is 6.61 Å². The van der Waals surface area contributed by atoms with Gasteiger partial charge in [-0.15, -0.1) is 0 Å². The summed E-state index contributed by atoms with van der Waals surface area (Å²) in [5.41, 5.74) is 3.15. The van der Waals surface area contributed by atoms with Crippen molar-refractivity contribution in [3.8, 4) is 0 Å². The number of hydrogen-bond acceptors (Lipinski definition) is 4. The summed E-state index contributed by atoms with van der Waals surface area (Å²) in [6, 6.07) is 10.3. The molecule has 1 atom stereocenters. The van der Waals surface area contributed by atoms with Gasteiger partial charge in [-0.1, -0.05) is 23.7 Å². The number of aliphatic carboxylic acids is 1. The second kappa shape index (κ2) is 8.03. The lowest BCUT2D eigenvalue weighted by molar-refractivity contribution is -0.138. The first-order valence-electron chi connectivity index (χ1n) is 9.11. The molecule has 28 heavy (non-hydrogen) atoms. The van der Waals surface area contributed by atoms with Crippen LogP contribution in [0.25, 0.3) is 0 Å². The van der Waals surface area contributed by atoms with E-state index >= 15 is 0 Å². The summed E-state index contributed by atoms with van der Waals surface area (Å²) >= 11 is 5.94. The van der Waals surface area contributed by atoms with Crippen molar-refractivity contribution in [2.24, 2.45) is 0 Å². The smallest absolute Gasteiger partial charge is 0.307 e. The van der Waals surface area contributed by atoms with Gasteiger partial charge in [-0.2, -0.15) is 0 Å². The Bertz CT molecular complexity index is 902. The summed E-state index contributed by atoms with van der Waals surface area (Å²) in [6.07, 6.45) is 0.200. The summed E-state index contributed by atoms with van der Waals surface area (Å²) in [5.74, 6) is -1.74. The van der Waals surface area contributed by atoms with Crippen molar-refractivity contribution < 1.29 is 24.2 Å². The van der Waals surface area contributed by atoms with Crippen LogP contribution in [0.5, 0.6) is 0 Å². The van der Waals surface area contributed by atoms with E-state index in [1.165, 1.54) is 0 Å². The minimum absolute atomic E-state index is 0.136. The van der Waals surface area contributed by atoms with Crippen molar-refractivity contribution in [1.82, 2.24) is 0 Å². The number of carbonyl (C=O) groups is 2. The Labute approximate surface area is 169 Å². The number of carboxylic acid groups (broad SMARTS) is 1. The molecule has 5 nitrogen and oxygen atoms in total. The first kappa shape index (κ1) is 20.5. The minimum atomic E-state index is -0.935. The Morgan fingerprint density at radius 2 is 1.79 bits per heavy atom. The predicted octanol–water partition coefficient (Wildman–Crippen LogP) is 4.20. The second-order valence-electron chi connectivity index (χ2n) is 7.45. The third kappa shape index (κ3) is 4.61. The molecule has 1 aliphatic heterocycles. The van der Waals surface area contributed by atoms with Crippen LogP contribution in [0, 0.1) is 6.92 Å². The van der Waals surface area contributed by atoms with E-state index in [1.807, 2.05) is 19.9 Å². The summed E-state index contributed by atoms with van der Waals surface area (Å²) in [7, 11) is 0. The van der Waals surface area contributed by atoms with E-state index in [4.69, 9.17) is 21.1 Å². The molecule has 2 aromatic carbocycles. The molecule has 2 aromatic rings. The van der Waals surface area contributed by atoms with Gasteiger partial charge in [0.05, 0.1) is 19.1 Å². The first-order chi connectivity index (χ1) is 13.2. The molecule has 1 fully saturated rings. The molecule has 0 aliphatic carbocycles. The highest BCUT2D eigenvalue weighted by Crippen LogP contribution is 2.29. The fourth-order valence-corrected chi connectivity index (χ4v) is 3.63. The van der Waals surface area contributed by atoms with E-state index < -0.39 is 11.8 Å². The van der Waals surface area contributed by atoms with Crippen molar-refractivity contribution >= 4 is 23.4 Å². The second-order valence-corrected chi connectivity index (χ2v) is 7.88. The first-order valence-corrected chi connectivity index (χ1v) is 9.49. The average Bonchev–Trinajstić information content (AvgIpc) is 2.96. The van der Waals surface area contributed by atoms with Gasteiger partial charge in [-0.3, -0.25) is 9.59 Å². The normalized spacial score (nSPS) is 18.2. The maximum Gasteiger partial charge on any atom is 0.307 e. The molecule has 148 valence electrons. The lowest BCUT2D eigenvalue weighted by Crippen LogP contribution is -2.23. The maximum absolute atomic E-state index is 13.3. The molecule has 0 spiro atoms. The zero-order valence-corrected chi connectivity index (χ0v) is 16.9. The highest BCUT2D eigenvalue weighted by atomic mass is 35.5. The van der Waals surface area contributed by atoms with Crippen LogP contribution in [0.3, 0.4) is 0 Å². The van der Waals surface area contributed by atoms with Gasteiger partial charge in [0.1, 0.15) is 0 Å². The average molecular weight is 403 g/mol. The van der Waals surface area contributed by atoms with Crippen molar-refractivity contribution in [1.29, 1.82) is 0 Å². The monoisotopic (exact) mass is 402 g/mol. The van der Waals surface area contributed by atoms with E-state index in [0.717, 1.165) is 5.56 Å². The van der Waals surface area contributed by atoms with E-state index in [1.54, 1.807) is 37.3 Å². The van der Waals surface area contributed by atoms with Crippen LogP contribution in [0.1, 0.15) is 46.5 Å². The van der Waals surface area contributed by atoms with E-state index in [-0.39, 0.29) is 18.3 Å². The third-order valence-electron chi connectivity index (χ3n) is 4.85. The molecule has 1 heterocycles. The van der Waals surface area contributed by atoms with Crippen LogP contribution in [0.4, 0.5) is 0 Å². The topological polar surface area (TPSA) is 72.8 Å². The van der Waals surface area contributed by atoms with Crippen LogP contribution in [-0.4, -0.2) is 35.4 Å². The van der Waals surface area contributed by atoms with Crippen LogP contribution in [0.2, 0.25) is 5.02 Å². The van der Waals surface area contributed by atoms with Gasteiger partial charge in [-0.05, 0) is 61.7 Å². The number of benzene rings is 2. The van der Waals surface area contributed by atoms with Gasteiger partial charge in [0, 0.05) is 22.6 Å². The van der Waals surface area contributed by atoms with E-state index in [0.29, 0.717) is 40.3 Å². The third-order valence-corrected chi connectivity index (χ3v) is 5.11. The highest BCUT2D eigenvalue weighted by Gasteiger charge is 2.33. The van der Waals surface area contributed by atoms with Gasteiger partial charge < -0.3 is 14.6 Å². The number of hydrogen-bond donors (Lipinski definition) is 1. The lowest BCUT2D eigenvalue weighted by atomic mass is 9.88. The standard InChI is InChI=1S/C22H23ClO5/c1-13-15(11-19(24)25)4-5-16(10-18-12-27-22(2,3)28-18)20(13)21(26)14-6-8-17(23)9-7-14/h4-9,18H,10-12H2,1-3H3,(H,24,25). The summed E-state index contributed by atoms with van der Waals surface area (Å²) in [6.45, 7) is 5.94. The molecular weight excluding hydrogens is 380 g/mol. The SMILES string of the molecule is Cc1c(CC(=O)O)ccc(CC2COC(C)(C)O2)c1C(=O)c1ccc(Cl)cc1. The number of halogens is 1. The molecule has 1 saturated heterocycles. The summed E-state index contributed by atoms with van der Waals surface area (Å²) in [5, 5.41) is 9.74. The van der Waals surface area contributed by atoms with E-state index in [9.17, 15) is 14.7 Å². The predicted molar refractivity (Wildman–Crippen MR) is 106 cm³/mol. The van der Waals surface area contributed by atoms with Gasteiger partial charge in [0.15, 0.2) is 11.6 Å². The fraction of sp³-hybridized carbons (Fsp3) is 0.364. The molecule has 3 rings (SSSR count). The van der Waals surface area contributed by atoms with Crippen molar-refractivity contribution in [3.63, 3.8) is 0 Å². The van der Waals surface area contributed by atoms with Crippen LogP contribution >= 0.6 is 11.6 Å². The van der Waals surface area contributed by atoms with Gasteiger partial charge in [-0.25, -0.2) is 0 Å². The highest BCUT2D eigenvalue weighted by molar-refractivity contribution is 6.30. The Hall–Kier alpha value is -2.21. The zero-order valence-electron chi connectivity index (χ0n) is 16.1. The quantitative estimate of drug-likeness (QED) is 0.733. The number of ketones is 1. The zero-order chi connectivity index (χ0) is 20.5. The van der Waals surface area contributed by atoms with Crippen LogP contribution < -0.4 is 0 Å². The number of carboxylic acids is 1. The maximum atomic E-state index is 13.3. The minimum Gasteiger partial charge on any atom is -0.481 e. The number of ether oxygens (including phenoxy) is 2. The molecule has 6 heteroatoms. The van der Waals surface area contributed by atoms with Crippen molar-refractivity contribution in [2.45, 2.75) is 45.5 Å². The summed E-state index contributed by atoms with van der Waals surface area (Å²) < 4.78 is 11.5. The molecule has 0 aromatic heterocycles. The Balaban J connectivity index is 2.01. The van der Waals surface area contributed by atoms with Gasteiger partial charge >= 0.3 is 5.97 Å². The molecular formula is C22H23ClO5. The molecule has 1 aliphatic rings. The Morgan fingerprint density at radius 3 is 2.36 bits per heavy atom. The molecule has 1 unspecified atom stereocenters.